The molecular formula is C21H31BN2O6. The number of aromatic carboxylic acids is 1. The van der Waals surface area contributed by atoms with Crippen LogP contribution in [0.1, 0.15) is 64.4 Å². The van der Waals surface area contributed by atoms with Crippen LogP contribution in [0.2, 0.25) is 0 Å². The molecule has 164 valence electrons. The van der Waals surface area contributed by atoms with Gasteiger partial charge in [0.1, 0.15) is 5.60 Å². The number of rotatable bonds is 5. The highest BCUT2D eigenvalue weighted by atomic mass is 16.7. The Morgan fingerprint density at radius 3 is 2.23 bits per heavy atom. The summed E-state index contributed by atoms with van der Waals surface area (Å²) < 4.78 is 17.5. The van der Waals surface area contributed by atoms with Crippen LogP contribution in [-0.4, -0.2) is 47.6 Å². The highest BCUT2D eigenvalue weighted by molar-refractivity contribution is 6.56. The van der Waals surface area contributed by atoms with E-state index in [1.54, 1.807) is 32.9 Å². The average molecular weight is 418 g/mol. The molecule has 0 aromatic heterocycles. The molecule has 1 aromatic carbocycles. The highest BCUT2D eigenvalue weighted by Gasteiger charge is 2.52. The number of ether oxygens (including phenoxy) is 1. The van der Waals surface area contributed by atoms with E-state index >= 15 is 0 Å². The molecule has 0 saturated carbocycles. The van der Waals surface area contributed by atoms with Crippen molar-refractivity contribution in [2.75, 3.05) is 12.3 Å². The first-order valence-corrected chi connectivity index (χ1v) is 9.77. The van der Waals surface area contributed by atoms with Gasteiger partial charge in [-0.2, -0.15) is 0 Å². The lowest BCUT2D eigenvalue weighted by atomic mass is 9.76. The molecule has 30 heavy (non-hydrogen) atoms. The van der Waals surface area contributed by atoms with Crippen LogP contribution in [0.15, 0.2) is 23.7 Å². The minimum Gasteiger partial charge on any atom is -0.478 e. The minimum atomic E-state index is -1.06. The second-order valence-electron chi connectivity index (χ2n) is 9.31. The Kier molecular flexibility index (Phi) is 6.59. The van der Waals surface area contributed by atoms with Crippen molar-refractivity contribution in [1.82, 2.24) is 5.32 Å². The van der Waals surface area contributed by atoms with Crippen LogP contribution in [-0.2, 0) is 14.0 Å². The van der Waals surface area contributed by atoms with E-state index in [0.29, 0.717) is 16.7 Å². The fourth-order valence-corrected chi connectivity index (χ4v) is 2.72. The molecule has 8 nitrogen and oxygen atoms in total. The maximum atomic E-state index is 12.1. The van der Waals surface area contributed by atoms with Crippen molar-refractivity contribution in [3.63, 3.8) is 0 Å². The summed E-state index contributed by atoms with van der Waals surface area (Å²) in [7, 11) is -0.719. The lowest BCUT2D eigenvalue weighted by molar-refractivity contribution is 0.00578. The van der Waals surface area contributed by atoms with Crippen molar-refractivity contribution in [3.8, 4) is 0 Å². The van der Waals surface area contributed by atoms with E-state index in [-0.39, 0.29) is 12.1 Å². The number of nitrogens with two attached hydrogens (primary N) is 1. The number of hydrogen-bond donors (Lipinski definition) is 3. The molecule has 0 radical (unpaired) electrons. The summed E-state index contributed by atoms with van der Waals surface area (Å²) in [6.45, 7) is 13.2. The molecule has 0 spiro atoms. The van der Waals surface area contributed by atoms with Crippen LogP contribution in [0.25, 0.3) is 6.08 Å². The normalized spacial score (nSPS) is 18.2. The molecule has 0 bridgehead atoms. The first kappa shape index (κ1) is 23.8. The standard InChI is InChI=1S/C21H31BN2O6/c1-19(2,3)28-18(27)24-12-15(22-29-20(4,5)21(6,7)30-22)10-13-8-9-14(17(25)26)11-16(13)23/h8-11H,12,23H2,1-7H3,(H,24,27)(H,25,26). The van der Waals surface area contributed by atoms with Gasteiger partial charge in [0, 0.05) is 12.2 Å². The molecule has 1 fully saturated rings. The number of hydrogen-bond acceptors (Lipinski definition) is 6. The average Bonchev–Trinajstić information content (AvgIpc) is 2.78. The molecule has 0 unspecified atom stereocenters. The largest absolute Gasteiger partial charge is 0.492 e. The summed E-state index contributed by atoms with van der Waals surface area (Å²) >= 11 is 0. The Bertz CT molecular complexity index is 842. The Labute approximate surface area is 177 Å². The van der Waals surface area contributed by atoms with Gasteiger partial charge in [-0.25, -0.2) is 9.59 Å². The maximum Gasteiger partial charge on any atom is 0.492 e. The van der Waals surface area contributed by atoms with Crippen LogP contribution in [0.5, 0.6) is 0 Å². The third-order valence-electron chi connectivity index (χ3n) is 5.07. The molecule has 1 aromatic rings. The van der Waals surface area contributed by atoms with Crippen LogP contribution in [0.4, 0.5) is 10.5 Å². The zero-order valence-corrected chi connectivity index (χ0v) is 18.7. The third-order valence-corrected chi connectivity index (χ3v) is 5.07. The topological polar surface area (TPSA) is 120 Å². The van der Waals surface area contributed by atoms with Gasteiger partial charge in [-0.15, -0.1) is 0 Å². The number of alkyl carbamates (subject to hydrolysis) is 1. The van der Waals surface area contributed by atoms with E-state index in [0.717, 1.165) is 0 Å². The molecule has 2 rings (SSSR count). The molecule has 1 aliphatic rings. The van der Waals surface area contributed by atoms with Gasteiger partial charge in [0.2, 0.25) is 0 Å². The van der Waals surface area contributed by atoms with E-state index in [1.807, 2.05) is 27.7 Å². The highest BCUT2D eigenvalue weighted by Crippen LogP contribution is 2.39. The third kappa shape index (κ3) is 5.76. The number of benzene rings is 1. The zero-order valence-electron chi connectivity index (χ0n) is 18.7. The first-order valence-electron chi connectivity index (χ1n) is 9.77. The summed E-state index contributed by atoms with van der Waals surface area (Å²) in [5.74, 6) is -1.06. The Morgan fingerprint density at radius 1 is 1.20 bits per heavy atom. The molecule has 1 aliphatic heterocycles. The molecule has 0 aliphatic carbocycles. The van der Waals surface area contributed by atoms with Gasteiger partial charge in [0.05, 0.1) is 16.8 Å². The monoisotopic (exact) mass is 418 g/mol. The Balaban J connectivity index is 2.33. The minimum absolute atomic E-state index is 0.0914. The van der Waals surface area contributed by atoms with E-state index in [1.165, 1.54) is 12.1 Å². The van der Waals surface area contributed by atoms with Gasteiger partial charge >= 0.3 is 19.2 Å². The fraction of sp³-hybridized carbons (Fsp3) is 0.524. The van der Waals surface area contributed by atoms with Gasteiger partial charge in [-0.1, -0.05) is 12.1 Å². The molecule has 9 heteroatoms. The van der Waals surface area contributed by atoms with Gasteiger partial charge in [-0.3, -0.25) is 0 Å². The quantitative estimate of drug-likeness (QED) is 0.494. The van der Waals surface area contributed by atoms with Crippen molar-refractivity contribution in [2.24, 2.45) is 0 Å². The van der Waals surface area contributed by atoms with Crippen molar-refractivity contribution >= 4 is 30.9 Å². The molecule has 4 N–H and O–H groups in total. The lowest BCUT2D eigenvalue weighted by Crippen LogP contribution is -2.41. The molecular weight excluding hydrogens is 387 g/mol. The van der Waals surface area contributed by atoms with Gasteiger partial charge in [-0.05, 0) is 71.6 Å². The summed E-state index contributed by atoms with van der Waals surface area (Å²) in [6, 6.07) is 4.46. The molecule has 1 heterocycles. The van der Waals surface area contributed by atoms with E-state index in [2.05, 4.69) is 5.32 Å². The smallest absolute Gasteiger partial charge is 0.478 e. The van der Waals surface area contributed by atoms with E-state index < -0.39 is 36.0 Å². The van der Waals surface area contributed by atoms with Gasteiger partial charge in [0.15, 0.2) is 0 Å². The summed E-state index contributed by atoms with van der Waals surface area (Å²) in [5, 5.41) is 11.9. The summed E-state index contributed by atoms with van der Waals surface area (Å²) in [4.78, 5) is 23.3. The second-order valence-corrected chi connectivity index (χ2v) is 9.31. The zero-order chi connectivity index (χ0) is 22.9. The summed E-state index contributed by atoms with van der Waals surface area (Å²) in [5.41, 5.74) is 5.88. The number of nitrogens with one attached hydrogen (secondary N) is 1. The number of carboxylic acids is 1. The maximum absolute atomic E-state index is 12.1. The number of anilines is 1. The number of carbonyl (C=O) groups is 2. The first-order chi connectivity index (χ1) is 13.6. The predicted octanol–water partition coefficient (Wildman–Crippen LogP) is 3.51. The number of carboxylic acid groups (broad SMARTS) is 1. The van der Waals surface area contributed by atoms with Gasteiger partial charge < -0.3 is 30.2 Å². The van der Waals surface area contributed by atoms with Crippen molar-refractivity contribution in [1.29, 1.82) is 0 Å². The van der Waals surface area contributed by atoms with Crippen molar-refractivity contribution < 1.29 is 28.7 Å². The van der Waals surface area contributed by atoms with E-state index in [9.17, 15) is 9.59 Å². The number of carbonyl (C=O) groups excluding carboxylic acids is 1. The van der Waals surface area contributed by atoms with Crippen LogP contribution < -0.4 is 11.1 Å². The number of amides is 1. The van der Waals surface area contributed by atoms with Crippen molar-refractivity contribution in [3.05, 3.63) is 34.8 Å². The second kappa shape index (κ2) is 8.31. The van der Waals surface area contributed by atoms with Crippen molar-refractivity contribution in [2.45, 2.75) is 65.3 Å². The molecule has 0 atom stereocenters. The summed E-state index contributed by atoms with van der Waals surface area (Å²) in [6.07, 6.45) is 1.17. The van der Waals surface area contributed by atoms with Crippen LogP contribution in [0.3, 0.4) is 0 Å². The number of nitrogen functional groups attached to an aromatic ring is 1. The molecule has 1 amide bonds. The van der Waals surface area contributed by atoms with Crippen LogP contribution in [0, 0.1) is 0 Å². The van der Waals surface area contributed by atoms with Crippen LogP contribution >= 0.6 is 0 Å². The van der Waals surface area contributed by atoms with Gasteiger partial charge in [0.25, 0.3) is 0 Å². The predicted molar refractivity (Wildman–Crippen MR) is 116 cm³/mol. The SMILES string of the molecule is CC(C)(C)OC(=O)NCC(=Cc1ccc(C(=O)O)cc1N)B1OC(C)(C)C(C)(C)O1. The Hall–Kier alpha value is -2.52. The fourth-order valence-electron chi connectivity index (χ4n) is 2.72. The Morgan fingerprint density at radius 2 is 1.77 bits per heavy atom. The lowest BCUT2D eigenvalue weighted by Gasteiger charge is -2.32. The van der Waals surface area contributed by atoms with E-state index in [4.69, 9.17) is 24.9 Å². The molecule has 1 saturated heterocycles.